The maximum atomic E-state index is 13.1. The van der Waals surface area contributed by atoms with Gasteiger partial charge in [-0.05, 0) is 6.92 Å². The van der Waals surface area contributed by atoms with Crippen molar-refractivity contribution in [1.29, 1.82) is 0 Å². The summed E-state index contributed by atoms with van der Waals surface area (Å²) in [5.74, 6) is -13.9. The maximum Gasteiger partial charge on any atom is 0.472 e. The van der Waals surface area contributed by atoms with Gasteiger partial charge in [-0.25, -0.2) is 0 Å². The van der Waals surface area contributed by atoms with Crippen LogP contribution in [0.3, 0.4) is 0 Å². The lowest BCUT2D eigenvalue weighted by molar-refractivity contribution is -0.384. The molecule has 0 aromatic heterocycles. The van der Waals surface area contributed by atoms with E-state index in [1.54, 1.807) is 0 Å². The Morgan fingerprint density at radius 2 is 1.21 bits per heavy atom. The first-order valence-electron chi connectivity index (χ1n) is 4.28. The Hall–Kier alpha value is 0.127. The van der Waals surface area contributed by atoms with Crippen molar-refractivity contribution in [2.75, 3.05) is 6.61 Å². The minimum Gasteiger partial charge on any atom is -0.389 e. The first-order valence-corrected chi connectivity index (χ1v) is 8.21. The zero-order valence-corrected chi connectivity index (χ0v) is 11.3. The fourth-order valence-electron chi connectivity index (χ4n) is 0.830. The van der Waals surface area contributed by atoms with Gasteiger partial charge in [-0.15, -0.1) is 22.2 Å². The predicted molar refractivity (Wildman–Crippen MR) is 50.0 cm³/mol. The summed E-state index contributed by atoms with van der Waals surface area (Å²) in [5, 5.41) is 0. The second kappa shape index (κ2) is 5.15. The summed E-state index contributed by atoms with van der Waals surface area (Å²) in [6.45, 7) is -5.69. The molecular formula is C6H5Cl2F9OSi. The van der Waals surface area contributed by atoms with Crippen LogP contribution in [0, 0.1) is 0 Å². The molecule has 1 nitrogen and oxygen atoms in total. The Balaban J connectivity index is 5.77. The minimum absolute atomic E-state index is 0.775. The molecule has 0 rings (SSSR count). The molecular weight excluding hydrogens is 358 g/mol. The van der Waals surface area contributed by atoms with Gasteiger partial charge in [0.05, 0.1) is 0 Å². The van der Waals surface area contributed by atoms with E-state index >= 15 is 0 Å². The van der Waals surface area contributed by atoms with Crippen molar-refractivity contribution < 1.29 is 43.9 Å². The Morgan fingerprint density at radius 1 is 0.842 bits per heavy atom. The fourth-order valence-corrected chi connectivity index (χ4v) is 3.26. The Labute approximate surface area is 111 Å². The predicted octanol–water partition coefficient (Wildman–Crippen LogP) is 4.45. The average Bonchev–Trinajstić information content (AvgIpc) is 2.14. The van der Waals surface area contributed by atoms with Crippen LogP contribution in [0.2, 0.25) is 0 Å². The molecule has 0 aromatic rings. The molecule has 0 bridgehead atoms. The SMILES string of the molecule is CCO[Si](Cl)(Cl)C(F)(F)C(F)(F)C(F)(F)C(F)(F)F. The summed E-state index contributed by atoms with van der Waals surface area (Å²) in [5.41, 5.74) is -6.07. The number of alkyl halides is 9. The molecule has 0 saturated heterocycles. The third-order valence-electron chi connectivity index (χ3n) is 1.84. The smallest absolute Gasteiger partial charge is 0.389 e. The second-order valence-corrected chi connectivity index (χ2v) is 8.89. The lowest BCUT2D eigenvalue weighted by atomic mass is 10.1. The van der Waals surface area contributed by atoms with Crippen molar-refractivity contribution >= 4 is 29.1 Å². The molecule has 0 aliphatic heterocycles. The lowest BCUT2D eigenvalue weighted by Crippen LogP contribution is -2.68. The van der Waals surface area contributed by atoms with Crippen LogP contribution in [0.4, 0.5) is 39.5 Å². The average molecular weight is 363 g/mol. The molecule has 0 unspecified atom stereocenters. The largest absolute Gasteiger partial charge is 0.472 e. The Kier molecular flexibility index (Phi) is 5.19. The van der Waals surface area contributed by atoms with Gasteiger partial charge in [-0.3, -0.25) is 0 Å². The zero-order valence-electron chi connectivity index (χ0n) is 8.77. The number of hydrogen-bond acceptors (Lipinski definition) is 1. The molecule has 0 aliphatic rings. The lowest BCUT2D eigenvalue weighted by Gasteiger charge is -2.37. The van der Waals surface area contributed by atoms with Gasteiger partial charge in [-0.1, -0.05) is 0 Å². The molecule has 0 heterocycles. The van der Waals surface area contributed by atoms with Crippen molar-refractivity contribution in [3.8, 4) is 0 Å². The van der Waals surface area contributed by atoms with E-state index in [0.29, 0.717) is 0 Å². The summed E-state index contributed by atoms with van der Waals surface area (Å²) >= 11 is 9.44. The third-order valence-corrected chi connectivity index (χ3v) is 5.61. The van der Waals surface area contributed by atoms with Crippen LogP contribution in [0.5, 0.6) is 0 Å². The summed E-state index contributed by atoms with van der Waals surface area (Å²) in [4.78, 5) is 0. The highest BCUT2D eigenvalue weighted by Crippen LogP contribution is 2.57. The molecule has 0 N–H and O–H groups in total. The van der Waals surface area contributed by atoms with Crippen LogP contribution < -0.4 is 0 Å². The highest BCUT2D eigenvalue weighted by Gasteiger charge is 2.87. The zero-order chi connectivity index (χ0) is 15.9. The van der Waals surface area contributed by atoms with E-state index in [4.69, 9.17) is 22.2 Å². The Bertz CT molecular complexity index is 329. The van der Waals surface area contributed by atoms with Crippen LogP contribution in [0.15, 0.2) is 0 Å². The van der Waals surface area contributed by atoms with E-state index < -0.39 is 37.1 Å². The molecule has 0 saturated carbocycles. The number of halogens is 11. The van der Waals surface area contributed by atoms with Crippen LogP contribution in [-0.4, -0.2) is 37.1 Å². The molecule has 0 aromatic carbocycles. The van der Waals surface area contributed by atoms with Crippen molar-refractivity contribution in [3.63, 3.8) is 0 Å². The molecule has 116 valence electrons. The summed E-state index contributed by atoms with van der Waals surface area (Å²) in [6, 6.07) is 0. The molecule has 0 spiro atoms. The van der Waals surface area contributed by atoms with Gasteiger partial charge in [-0.2, -0.15) is 39.5 Å². The molecule has 13 heteroatoms. The van der Waals surface area contributed by atoms with E-state index in [9.17, 15) is 39.5 Å². The highest BCUT2D eigenvalue weighted by atomic mass is 35.7. The molecule has 0 aliphatic carbocycles. The standard InChI is InChI=1S/C6H5Cl2F9OSi/c1-2-18-19(7,8)6(16,17)4(11,12)3(9,10)5(13,14)15/h2H2,1H3. The van der Waals surface area contributed by atoms with Crippen LogP contribution in [0.1, 0.15) is 6.92 Å². The normalized spacial score (nSPS) is 15.8. The Morgan fingerprint density at radius 3 is 1.47 bits per heavy atom. The van der Waals surface area contributed by atoms with E-state index in [0.717, 1.165) is 6.92 Å². The topological polar surface area (TPSA) is 9.23 Å². The van der Waals surface area contributed by atoms with Gasteiger partial charge >= 0.3 is 30.5 Å². The van der Waals surface area contributed by atoms with Crippen molar-refractivity contribution in [3.05, 3.63) is 0 Å². The van der Waals surface area contributed by atoms with E-state index in [1.165, 1.54) is 0 Å². The minimum atomic E-state index is -7.03. The molecule has 0 amide bonds. The van der Waals surface area contributed by atoms with Gasteiger partial charge in [0.1, 0.15) is 0 Å². The van der Waals surface area contributed by atoms with E-state index in [1.807, 2.05) is 0 Å². The number of hydrogen-bond donors (Lipinski definition) is 0. The molecule has 19 heavy (non-hydrogen) atoms. The molecule has 0 fully saturated rings. The summed E-state index contributed by atoms with van der Waals surface area (Å²) < 4.78 is 116. The van der Waals surface area contributed by atoms with E-state index in [2.05, 4.69) is 4.43 Å². The quantitative estimate of drug-likeness (QED) is 0.399. The fraction of sp³-hybridized carbons (Fsp3) is 1.00. The van der Waals surface area contributed by atoms with Crippen molar-refractivity contribution in [1.82, 2.24) is 0 Å². The van der Waals surface area contributed by atoms with Gasteiger partial charge in [0, 0.05) is 6.61 Å². The summed E-state index contributed by atoms with van der Waals surface area (Å²) in [6.07, 6.45) is -6.91. The summed E-state index contributed by atoms with van der Waals surface area (Å²) in [7, 11) is 0. The monoisotopic (exact) mass is 362 g/mol. The van der Waals surface area contributed by atoms with Crippen LogP contribution in [-0.2, 0) is 4.43 Å². The van der Waals surface area contributed by atoms with Gasteiger partial charge in [0.25, 0.3) is 0 Å². The molecule has 0 atom stereocenters. The highest BCUT2D eigenvalue weighted by molar-refractivity contribution is 7.43. The van der Waals surface area contributed by atoms with E-state index in [-0.39, 0.29) is 0 Å². The molecule has 0 radical (unpaired) electrons. The maximum absolute atomic E-state index is 13.1. The number of rotatable bonds is 5. The van der Waals surface area contributed by atoms with Gasteiger partial charge in [0.2, 0.25) is 0 Å². The van der Waals surface area contributed by atoms with Gasteiger partial charge < -0.3 is 4.43 Å². The first kappa shape index (κ1) is 19.1. The van der Waals surface area contributed by atoms with Crippen molar-refractivity contribution in [2.24, 2.45) is 0 Å². The van der Waals surface area contributed by atoms with Gasteiger partial charge in [0.15, 0.2) is 0 Å². The van der Waals surface area contributed by atoms with Crippen LogP contribution >= 0.6 is 22.2 Å². The second-order valence-electron chi connectivity index (χ2n) is 3.17. The van der Waals surface area contributed by atoms with Crippen LogP contribution in [0.25, 0.3) is 0 Å². The third kappa shape index (κ3) is 2.93. The van der Waals surface area contributed by atoms with Crippen molar-refractivity contribution in [2.45, 2.75) is 30.5 Å². The first-order chi connectivity index (χ1) is 8.06.